The molecule has 0 aromatic heterocycles. The van der Waals surface area contributed by atoms with Crippen LogP contribution in [0.3, 0.4) is 0 Å². The number of ether oxygens (including phenoxy) is 1. The Morgan fingerprint density at radius 1 is 1.11 bits per heavy atom. The molecule has 0 spiro atoms. The Bertz CT molecular complexity index is 1860. The number of benzene rings is 4. The van der Waals surface area contributed by atoms with Gasteiger partial charge in [0.05, 0.1) is 42.1 Å². The second-order valence-electron chi connectivity index (χ2n) is 10.8. The summed E-state index contributed by atoms with van der Waals surface area (Å²) in [6, 6.07) is 21.8. The van der Waals surface area contributed by atoms with Crippen LogP contribution < -0.4 is 25.2 Å². The Morgan fingerprint density at radius 3 is 2.46 bits per heavy atom. The molecule has 1 heterocycles. The van der Waals surface area contributed by atoms with Crippen LogP contribution in [0.5, 0.6) is 5.75 Å². The van der Waals surface area contributed by atoms with Gasteiger partial charge in [-0.3, -0.25) is 14.4 Å². The number of likely N-dealkylation sites (N-methyl/N-ethyl adjacent to an activating group) is 1. The lowest BCUT2D eigenvalue weighted by Crippen LogP contribution is -2.55. The number of nitrogens with zero attached hydrogens (tertiary/aromatic N) is 3. The first-order valence-corrected chi connectivity index (χ1v) is 15.0. The number of nitriles is 1. The molecule has 4 N–H and O–H groups in total. The van der Waals surface area contributed by atoms with Gasteiger partial charge in [0.1, 0.15) is 11.8 Å². The van der Waals surface area contributed by atoms with E-state index in [0.717, 1.165) is 9.86 Å². The third kappa shape index (κ3) is 6.90. The zero-order valence-electron chi connectivity index (χ0n) is 24.9. The van der Waals surface area contributed by atoms with Gasteiger partial charge in [0.15, 0.2) is 0 Å². The van der Waals surface area contributed by atoms with Crippen LogP contribution in [0.2, 0.25) is 0 Å². The van der Waals surface area contributed by atoms with Gasteiger partial charge in [-0.2, -0.15) is 5.26 Å². The molecule has 5 rings (SSSR count). The van der Waals surface area contributed by atoms with E-state index in [1.54, 1.807) is 56.4 Å². The summed E-state index contributed by atoms with van der Waals surface area (Å²) < 4.78 is 6.11. The summed E-state index contributed by atoms with van der Waals surface area (Å²) >= 11 is 3.47. The van der Waals surface area contributed by atoms with E-state index in [-0.39, 0.29) is 24.4 Å². The first kappa shape index (κ1) is 32.7. The molecule has 4 aromatic carbocycles. The van der Waals surface area contributed by atoms with E-state index < -0.39 is 35.7 Å². The maximum Gasteiger partial charge on any atom is 0.259 e. The number of hydrogen-bond acceptors (Lipinski definition) is 8. The average molecular weight is 682 g/mol. The van der Waals surface area contributed by atoms with Crippen LogP contribution in [0.1, 0.15) is 28.4 Å². The van der Waals surface area contributed by atoms with Crippen molar-refractivity contribution in [3.63, 3.8) is 0 Å². The van der Waals surface area contributed by atoms with Crippen LogP contribution in [0.25, 0.3) is 10.8 Å². The topological polar surface area (TPSA) is 155 Å². The summed E-state index contributed by atoms with van der Waals surface area (Å²) in [5, 5.41) is 36.1. The molecular weight excluding hydrogens is 653 g/mol. The molecule has 0 saturated heterocycles. The van der Waals surface area contributed by atoms with Crippen molar-refractivity contribution in [2.75, 3.05) is 23.4 Å². The maximum absolute atomic E-state index is 14.5. The Kier molecular flexibility index (Phi) is 9.46. The molecule has 3 amide bonds. The number of nitrogens with one attached hydrogen (secondary N) is 2. The van der Waals surface area contributed by atoms with Crippen molar-refractivity contribution < 1.29 is 29.3 Å². The number of carbonyl (C=O) groups is 3. The lowest BCUT2D eigenvalue weighted by molar-refractivity contribution is -0.223. The van der Waals surface area contributed by atoms with E-state index >= 15 is 0 Å². The quantitative estimate of drug-likeness (QED) is 0.164. The summed E-state index contributed by atoms with van der Waals surface area (Å²) in [6.45, 7) is 1.29. The number of rotatable bonds is 8. The number of hydrogen-bond donors (Lipinski definition) is 4. The zero-order valence-corrected chi connectivity index (χ0v) is 26.5. The van der Waals surface area contributed by atoms with Crippen molar-refractivity contribution in [1.82, 2.24) is 10.6 Å². The maximum atomic E-state index is 14.5. The van der Waals surface area contributed by atoms with E-state index in [1.807, 2.05) is 12.1 Å². The van der Waals surface area contributed by atoms with Gasteiger partial charge in [0.25, 0.3) is 17.7 Å². The SMILES string of the molecule is [B]C(O)(O)Oc1ccc2cc(Br)ccc2c1CN1C(=O)C(NC(=O)[C@H](C)NC)CN(C(=O)c2ccc(C#N)cc2)c2ccccc21. The number of carbonyl (C=O) groups excluding carboxylic acids is 3. The Morgan fingerprint density at radius 2 is 1.80 bits per heavy atom. The number of aliphatic hydroxyl groups is 2. The monoisotopic (exact) mass is 681 g/mol. The molecule has 0 bridgehead atoms. The van der Waals surface area contributed by atoms with Crippen LogP contribution in [-0.2, 0) is 16.1 Å². The first-order valence-electron chi connectivity index (χ1n) is 14.2. The highest BCUT2D eigenvalue weighted by molar-refractivity contribution is 9.10. The second-order valence-corrected chi connectivity index (χ2v) is 11.7. The molecule has 2 radical (unpaired) electrons. The highest BCUT2D eigenvalue weighted by Crippen LogP contribution is 2.38. The average Bonchev–Trinajstić information content (AvgIpc) is 3.15. The van der Waals surface area contributed by atoms with Crippen LogP contribution >= 0.6 is 15.9 Å². The van der Waals surface area contributed by atoms with Crippen molar-refractivity contribution in [2.45, 2.75) is 31.4 Å². The molecule has 1 aliphatic heterocycles. The minimum absolute atomic E-state index is 0.00626. The van der Waals surface area contributed by atoms with Gasteiger partial charge in [-0.15, -0.1) is 0 Å². The van der Waals surface area contributed by atoms with E-state index in [0.29, 0.717) is 27.9 Å². The van der Waals surface area contributed by atoms with Gasteiger partial charge in [0, 0.05) is 15.6 Å². The molecule has 0 saturated carbocycles. The number of amides is 3. The van der Waals surface area contributed by atoms with E-state index in [4.69, 9.17) is 12.6 Å². The van der Waals surface area contributed by atoms with Crippen LogP contribution in [0.15, 0.2) is 83.3 Å². The molecule has 0 aliphatic carbocycles. The van der Waals surface area contributed by atoms with Crippen molar-refractivity contribution in [3.05, 3.63) is 100 Å². The van der Waals surface area contributed by atoms with Gasteiger partial charge in [-0.1, -0.05) is 40.2 Å². The Hall–Kier alpha value is -4.74. The predicted molar refractivity (Wildman–Crippen MR) is 176 cm³/mol. The normalized spacial score (nSPS) is 15.5. The van der Waals surface area contributed by atoms with Crippen molar-refractivity contribution in [1.29, 1.82) is 5.26 Å². The second kappa shape index (κ2) is 13.3. The smallest absolute Gasteiger partial charge is 0.259 e. The molecule has 0 fully saturated rings. The number of fused-ring (bicyclic) bond motifs is 2. The van der Waals surface area contributed by atoms with Crippen LogP contribution in [0, 0.1) is 11.3 Å². The molecule has 46 heavy (non-hydrogen) atoms. The molecule has 2 atom stereocenters. The summed E-state index contributed by atoms with van der Waals surface area (Å²) in [7, 11) is 7.01. The largest absolute Gasteiger partial charge is 0.448 e. The highest BCUT2D eigenvalue weighted by atomic mass is 79.9. The third-order valence-corrected chi connectivity index (χ3v) is 8.16. The van der Waals surface area contributed by atoms with E-state index in [9.17, 15) is 29.9 Å². The highest BCUT2D eigenvalue weighted by Gasteiger charge is 2.38. The van der Waals surface area contributed by atoms with E-state index in [2.05, 4.69) is 26.6 Å². The summed E-state index contributed by atoms with van der Waals surface area (Å²) in [4.78, 5) is 44.4. The first-order chi connectivity index (χ1) is 21.9. The fraction of sp³-hybridized carbons (Fsp3) is 0.212. The molecule has 13 heteroatoms. The van der Waals surface area contributed by atoms with Gasteiger partial charge in [0.2, 0.25) is 13.8 Å². The number of halogens is 1. The van der Waals surface area contributed by atoms with Crippen LogP contribution in [0.4, 0.5) is 11.4 Å². The Labute approximate surface area is 274 Å². The molecule has 11 nitrogen and oxygen atoms in total. The summed E-state index contributed by atoms with van der Waals surface area (Å²) in [5.41, 5.74) is 1.81. The van der Waals surface area contributed by atoms with Gasteiger partial charge in [-0.25, -0.2) is 0 Å². The zero-order chi connectivity index (χ0) is 33.2. The standard InChI is InChI=1S/C33H29BBrN5O6/c1-19(37-2)30(41)38-26-18-40(31(42)21-9-7-20(16-36)8-10-21)28-6-4-3-5-27(28)39(32(26)43)17-25-24-13-12-23(35)15-22(24)11-14-29(25)46-33(34,44)45/h3-15,19,26,37,44-45H,17-18H2,1-2H3,(H,38,41)/t19-,26?/m0/s1. The third-order valence-electron chi connectivity index (χ3n) is 7.67. The minimum Gasteiger partial charge on any atom is -0.448 e. The molecular formula is C33H29BBrN5O6. The summed E-state index contributed by atoms with van der Waals surface area (Å²) in [6.07, 6.45) is 0. The number of anilines is 2. The van der Waals surface area contributed by atoms with Gasteiger partial charge in [-0.05, 0) is 79.3 Å². The van der Waals surface area contributed by atoms with Crippen molar-refractivity contribution in [2.24, 2.45) is 0 Å². The van der Waals surface area contributed by atoms with Crippen LogP contribution in [-0.4, -0.2) is 67.3 Å². The van der Waals surface area contributed by atoms with Crippen molar-refractivity contribution >= 4 is 63.6 Å². The molecule has 1 aliphatic rings. The molecule has 232 valence electrons. The molecule has 1 unspecified atom stereocenters. The minimum atomic E-state index is -3.01. The fourth-order valence-electron chi connectivity index (χ4n) is 5.24. The lowest BCUT2D eigenvalue weighted by atomic mass is 10.0. The molecule has 4 aromatic rings. The van der Waals surface area contributed by atoms with Gasteiger partial charge < -0.3 is 35.4 Å². The van der Waals surface area contributed by atoms with Gasteiger partial charge >= 0.3 is 0 Å². The fourth-order valence-corrected chi connectivity index (χ4v) is 5.62. The Balaban J connectivity index is 1.67. The lowest BCUT2D eigenvalue weighted by Gasteiger charge is -2.28. The number of para-hydroxylation sites is 2. The van der Waals surface area contributed by atoms with E-state index in [1.165, 1.54) is 40.1 Å². The summed E-state index contributed by atoms with van der Waals surface area (Å²) in [5.74, 6) is -4.43. The van der Waals surface area contributed by atoms with Crippen molar-refractivity contribution in [3.8, 4) is 11.8 Å². The predicted octanol–water partition coefficient (Wildman–Crippen LogP) is 2.90.